The second-order valence-corrected chi connectivity index (χ2v) is 5.84. The summed E-state index contributed by atoms with van der Waals surface area (Å²) in [4.78, 5) is 1.32. The van der Waals surface area contributed by atoms with E-state index in [1.807, 2.05) is 11.8 Å². The Morgan fingerprint density at radius 3 is 2.76 bits per heavy atom. The molecule has 2 nitrogen and oxygen atoms in total. The molecule has 2 rings (SSSR count). The van der Waals surface area contributed by atoms with Gasteiger partial charge < -0.3 is 10.5 Å². The molecule has 1 aliphatic heterocycles. The molecule has 0 aromatic heterocycles. The van der Waals surface area contributed by atoms with E-state index in [0.29, 0.717) is 5.92 Å². The number of ether oxygens (including phenoxy) is 1. The van der Waals surface area contributed by atoms with Crippen molar-refractivity contribution in [2.24, 2.45) is 11.7 Å². The molecule has 0 aliphatic carbocycles. The van der Waals surface area contributed by atoms with Crippen LogP contribution in [0.3, 0.4) is 0 Å². The number of hydrogen-bond acceptors (Lipinski definition) is 3. The van der Waals surface area contributed by atoms with Crippen molar-refractivity contribution in [2.75, 3.05) is 19.0 Å². The summed E-state index contributed by atoms with van der Waals surface area (Å²) < 4.78 is 5.50. The summed E-state index contributed by atoms with van der Waals surface area (Å²) >= 11 is 1.87. The van der Waals surface area contributed by atoms with Gasteiger partial charge in [-0.3, -0.25) is 0 Å². The quantitative estimate of drug-likeness (QED) is 0.834. The molecule has 1 fully saturated rings. The molecular weight excluding hydrogens is 230 g/mol. The molecule has 2 unspecified atom stereocenters. The van der Waals surface area contributed by atoms with Crippen molar-refractivity contribution in [3.63, 3.8) is 0 Å². The fourth-order valence-corrected chi connectivity index (χ4v) is 2.94. The van der Waals surface area contributed by atoms with E-state index in [9.17, 15) is 0 Å². The highest BCUT2D eigenvalue weighted by Gasteiger charge is 2.22. The maximum Gasteiger partial charge on any atom is 0.0512 e. The standard InChI is InChI=1S/C14H21NOS/c1-2-17-13-7-5-11(6-8-13)14(15)12-4-3-9-16-10-12/h5-8,12,14H,2-4,9-10,15H2,1H3. The Balaban J connectivity index is 2.00. The van der Waals surface area contributed by atoms with Gasteiger partial charge in [0.25, 0.3) is 0 Å². The molecule has 1 aromatic rings. The lowest BCUT2D eigenvalue weighted by Gasteiger charge is -2.27. The molecule has 3 heteroatoms. The predicted molar refractivity (Wildman–Crippen MR) is 73.3 cm³/mol. The summed E-state index contributed by atoms with van der Waals surface area (Å²) in [6.45, 7) is 3.88. The molecular formula is C14H21NOS. The third-order valence-corrected chi connectivity index (χ3v) is 4.17. The number of rotatable bonds is 4. The van der Waals surface area contributed by atoms with Crippen molar-refractivity contribution in [1.82, 2.24) is 0 Å². The molecule has 2 atom stereocenters. The van der Waals surface area contributed by atoms with Crippen LogP contribution in [0.4, 0.5) is 0 Å². The summed E-state index contributed by atoms with van der Waals surface area (Å²) in [5.74, 6) is 1.59. The third kappa shape index (κ3) is 3.47. The van der Waals surface area contributed by atoms with Crippen LogP contribution in [0.2, 0.25) is 0 Å². The Hall–Kier alpha value is -0.510. The lowest BCUT2D eigenvalue weighted by molar-refractivity contribution is 0.0447. The van der Waals surface area contributed by atoms with Crippen LogP contribution in [-0.2, 0) is 4.74 Å². The first-order chi connectivity index (χ1) is 8.31. The van der Waals surface area contributed by atoms with Gasteiger partial charge in [-0.25, -0.2) is 0 Å². The van der Waals surface area contributed by atoms with Crippen LogP contribution < -0.4 is 5.73 Å². The van der Waals surface area contributed by atoms with E-state index in [4.69, 9.17) is 10.5 Å². The van der Waals surface area contributed by atoms with E-state index < -0.39 is 0 Å². The first-order valence-electron chi connectivity index (χ1n) is 6.37. The number of thioether (sulfide) groups is 1. The van der Waals surface area contributed by atoms with E-state index in [2.05, 4.69) is 31.2 Å². The fraction of sp³-hybridized carbons (Fsp3) is 0.571. The Morgan fingerprint density at radius 1 is 1.41 bits per heavy atom. The minimum Gasteiger partial charge on any atom is -0.381 e. The predicted octanol–water partition coefficient (Wildman–Crippen LogP) is 3.23. The van der Waals surface area contributed by atoms with Crippen molar-refractivity contribution < 1.29 is 4.74 Å². The Kier molecular flexibility index (Phi) is 4.89. The van der Waals surface area contributed by atoms with Crippen LogP contribution in [0.15, 0.2) is 29.2 Å². The lowest BCUT2D eigenvalue weighted by Crippen LogP contribution is -2.28. The van der Waals surface area contributed by atoms with Gasteiger partial charge in [-0.05, 0) is 36.3 Å². The van der Waals surface area contributed by atoms with Crippen LogP contribution in [0.25, 0.3) is 0 Å². The van der Waals surface area contributed by atoms with Gasteiger partial charge in [0.1, 0.15) is 0 Å². The van der Waals surface area contributed by atoms with Crippen LogP contribution in [0.5, 0.6) is 0 Å². The average Bonchev–Trinajstić information content (AvgIpc) is 2.40. The van der Waals surface area contributed by atoms with Crippen LogP contribution in [0, 0.1) is 5.92 Å². The summed E-state index contributed by atoms with van der Waals surface area (Å²) in [5.41, 5.74) is 7.54. The second kappa shape index (κ2) is 6.43. The zero-order valence-corrected chi connectivity index (χ0v) is 11.2. The summed E-state index contributed by atoms with van der Waals surface area (Å²) in [7, 11) is 0. The zero-order valence-electron chi connectivity index (χ0n) is 10.4. The fourth-order valence-electron chi connectivity index (χ4n) is 2.27. The van der Waals surface area contributed by atoms with E-state index in [1.165, 1.54) is 16.9 Å². The highest BCUT2D eigenvalue weighted by atomic mass is 32.2. The highest BCUT2D eigenvalue weighted by molar-refractivity contribution is 7.99. The third-order valence-electron chi connectivity index (χ3n) is 3.28. The van der Waals surface area contributed by atoms with E-state index >= 15 is 0 Å². The SMILES string of the molecule is CCSc1ccc(C(N)C2CCCOC2)cc1. The molecule has 0 amide bonds. The van der Waals surface area contributed by atoms with Crippen molar-refractivity contribution in [3.05, 3.63) is 29.8 Å². The van der Waals surface area contributed by atoms with Crippen LogP contribution >= 0.6 is 11.8 Å². The van der Waals surface area contributed by atoms with E-state index in [0.717, 1.165) is 25.4 Å². The van der Waals surface area contributed by atoms with Gasteiger partial charge in [-0.15, -0.1) is 11.8 Å². The van der Waals surface area contributed by atoms with Crippen LogP contribution in [0.1, 0.15) is 31.4 Å². The molecule has 17 heavy (non-hydrogen) atoms. The highest BCUT2D eigenvalue weighted by Crippen LogP contribution is 2.28. The van der Waals surface area contributed by atoms with Gasteiger partial charge in [0.2, 0.25) is 0 Å². The van der Waals surface area contributed by atoms with Gasteiger partial charge in [0, 0.05) is 23.5 Å². The number of hydrogen-bond donors (Lipinski definition) is 1. The maximum absolute atomic E-state index is 6.31. The molecule has 1 aliphatic rings. The maximum atomic E-state index is 6.31. The molecule has 2 N–H and O–H groups in total. The minimum atomic E-state index is 0.121. The monoisotopic (exact) mass is 251 g/mol. The Labute approximate surface area is 108 Å². The molecule has 0 radical (unpaired) electrons. The first-order valence-corrected chi connectivity index (χ1v) is 7.36. The van der Waals surface area contributed by atoms with Gasteiger partial charge in [-0.1, -0.05) is 19.1 Å². The second-order valence-electron chi connectivity index (χ2n) is 4.51. The van der Waals surface area contributed by atoms with E-state index in [-0.39, 0.29) is 6.04 Å². The van der Waals surface area contributed by atoms with Crippen molar-refractivity contribution in [1.29, 1.82) is 0 Å². The van der Waals surface area contributed by atoms with Gasteiger partial charge >= 0.3 is 0 Å². The molecule has 1 heterocycles. The average molecular weight is 251 g/mol. The molecule has 0 saturated carbocycles. The topological polar surface area (TPSA) is 35.2 Å². The molecule has 0 bridgehead atoms. The van der Waals surface area contributed by atoms with Crippen LogP contribution in [-0.4, -0.2) is 19.0 Å². The Morgan fingerprint density at radius 2 is 2.18 bits per heavy atom. The minimum absolute atomic E-state index is 0.121. The number of nitrogens with two attached hydrogens (primary N) is 1. The van der Waals surface area contributed by atoms with Crippen molar-refractivity contribution >= 4 is 11.8 Å². The molecule has 0 spiro atoms. The normalized spacial score (nSPS) is 22.4. The molecule has 94 valence electrons. The first kappa shape index (κ1) is 12.9. The largest absolute Gasteiger partial charge is 0.381 e. The van der Waals surface area contributed by atoms with Gasteiger partial charge in [0.15, 0.2) is 0 Å². The summed E-state index contributed by atoms with van der Waals surface area (Å²) in [6.07, 6.45) is 2.33. The molecule has 1 aromatic carbocycles. The van der Waals surface area contributed by atoms with Crippen molar-refractivity contribution in [2.45, 2.75) is 30.7 Å². The van der Waals surface area contributed by atoms with Gasteiger partial charge in [0.05, 0.1) is 6.61 Å². The van der Waals surface area contributed by atoms with E-state index in [1.54, 1.807) is 0 Å². The Bertz CT molecular complexity index is 333. The lowest BCUT2D eigenvalue weighted by atomic mass is 9.89. The summed E-state index contributed by atoms with van der Waals surface area (Å²) in [5, 5.41) is 0. The molecule has 1 saturated heterocycles. The number of benzene rings is 1. The van der Waals surface area contributed by atoms with Crippen molar-refractivity contribution in [3.8, 4) is 0 Å². The zero-order chi connectivity index (χ0) is 12.1. The van der Waals surface area contributed by atoms with Gasteiger partial charge in [-0.2, -0.15) is 0 Å². The summed E-state index contributed by atoms with van der Waals surface area (Å²) in [6, 6.07) is 8.80. The smallest absolute Gasteiger partial charge is 0.0512 e.